The Morgan fingerprint density at radius 3 is 2.61 bits per heavy atom. The number of fused-ring (bicyclic) bond motifs is 1. The molecule has 0 saturated carbocycles. The van der Waals surface area contributed by atoms with Crippen molar-refractivity contribution in [2.45, 2.75) is 12.8 Å². The van der Waals surface area contributed by atoms with Crippen molar-refractivity contribution >= 4 is 49.9 Å². The Labute approximate surface area is 180 Å². The average molecular weight is 513 g/mol. The normalized spacial score (nSPS) is 13.3. The number of nitrogens with zero attached hydrogens (tertiary/aromatic N) is 2. The molecule has 0 aliphatic carbocycles. The van der Waals surface area contributed by atoms with E-state index >= 15 is 0 Å². The van der Waals surface area contributed by atoms with Gasteiger partial charge >= 0.3 is 0 Å². The third-order valence-corrected chi connectivity index (χ3v) is 6.57. The first-order valence-corrected chi connectivity index (χ1v) is 12.1. The molecule has 2 aromatic carbocycles. The number of amides is 1. The summed E-state index contributed by atoms with van der Waals surface area (Å²) in [7, 11) is -3.54. The molecule has 0 radical (unpaired) electrons. The number of carbonyl (C=O) groups excluding carboxylic acids is 1. The number of rotatable bonds is 8. The lowest BCUT2D eigenvalue weighted by Gasteiger charge is -2.22. The highest BCUT2D eigenvalue weighted by molar-refractivity contribution is 14.1. The quantitative estimate of drug-likeness (QED) is 0.436. The van der Waals surface area contributed by atoms with Gasteiger partial charge in [0.25, 0.3) is 0 Å². The second kappa shape index (κ2) is 9.13. The maximum absolute atomic E-state index is 12.3. The van der Waals surface area contributed by atoms with Crippen LogP contribution in [0.1, 0.15) is 12.0 Å². The second-order valence-corrected chi connectivity index (χ2v) is 9.97. The molecule has 1 aliphatic rings. The van der Waals surface area contributed by atoms with Crippen molar-refractivity contribution in [3.05, 3.63) is 57.7 Å². The van der Waals surface area contributed by atoms with Crippen molar-refractivity contribution in [1.29, 1.82) is 0 Å². The van der Waals surface area contributed by atoms with Crippen LogP contribution in [-0.2, 0) is 21.2 Å². The van der Waals surface area contributed by atoms with E-state index in [0.29, 0.717) is 12.2 Å². The Morgan fingerprint density at radius 1 is 1.18 bits per heavy atom. The van der Waals surface area contributed by atoms with Gasteiger partial charge in [0.1, 0.15) is 6.54 Å². The minimum absolute atomic E-state index is 0.216. The van der Waals surface area contributed by atoms with Crippen molar-refractivity contribution < 1.29 is 13.2 Å². The summed E-state index contributed by atoms with van der Waals surface area (Å²) in [5, 5.41) is 2.84. The third-order valence-electron chi connectivity index (χ3n) is 4.71. The van der Waals surface area contributed by atoms with Crippen LogP contribution in [0, 0.1) is 3.57 Å². The predicted octanol–water partition coefficient (Wildman–Crippen LogP) is 2.63. The zero-order valence-corrected chi connectivity index (χ0v) is 18.7. The van der Waals surface area contributed by atoms with E-state index in [0.717, 1.165) is 40.1 Å². The maximum Gasteiger partial charge on any atom is 0.240 e. The molecule has 0 spiro atoms. The lowest BCUT2D eigenvalue weighted by Crippen LogP contribution is -2.41. The van der Waals surface area contributed by atoms with Gasteiger partial charge in [-0.1, -0.05) is 18.2 Å². The molecule has 150 valence electrons. The number of hydrogen-bond acceptors (Lipinski definition) is 4. The van der Waals surface area contributed by atoms with Gasteiger partial charge in [-0.05, 0) is 71.3 Å². The van der Waals surface area contributed by atoms with Crippen molar-refractivity contribution in [3.63, 3.8) is 0 Å². The molecule has 0 unspecified atom stereocenters. The van der Waals surface area contributed by atoms with Crippen LogP contribution in [0.3, 0.4) is 0 Å². The molecule has 1 amide bonds. The molecule has 3 rings (SSSR count). The first kappa shape index (κ1) is 20.9. The van der Waals surface area contributed by atoms with E-state index in [9.17, 15) is 13.2 Å². The highest BCUT2D eigenvalue weighted by Crippen LogP contribution is 2.27. The summed E-state index contributed by atoms with van der Waals surface area (Å²) < 4.78 is 26.4. The zero-order valence-electron chi connectivity index (χ0n) is 15.8. The van der Waals surface area contributed by atoms with Crippen LogP contribution in [0.15, 0.2) is 48.5 Å². The Morgan fingerprint density at radius 2 is 1.89 bits per heavy atom. The second-order valence-electron chi connectivity index (χ2n) is 6.82. The fraction of sp³-hybridized carbons (Fsp3) is 0.350. The van der Waals surface area contributed by atoms with E-state index in [2.05, 4.69) is 51.0 Å². The van der Waals surface area contributed by atoms with Gasteiger partial charge in [0.15, 0.2) is 0 Å². The van der Waals surface area contributed by atoms with E-state index in [1.165, 1.54) is 11.3 Å². The molecule has 0 fully saturated rings. The van der Waals surface area contributed by atoms with Gasteiger partial charge in [0, 0.05) is 28.9 Å². The van der Waals surface area contributed by atoms with E-state index in [-0.39, 0.29) is 12.5 Å². The van der Waals surface area contributed by atoms with Crippen LogP contribution in [0.5, 0.6) is 0 Å². The number of sulfonamides is 1. The van der Waals surface area contributed by atoms with E-state index in [1.807, 2.05) is 18.2 Å². The molecular formula is C20H24IN3O3S. The summed E-state index contributed by atoms with van der Waals surface area (Å²) in [6.07, 6.45) is 2.98. The minimum Gasteiger partial charge on any atom is -0.371 e. The SMILES string of the molecule is CS(=O)(=O)N(CC(=O)NCCCN1CCc2ccccc21)c1ccc(I)cc1. The number of carbonyl (C=O) groups is 1. The van der Waals surface area contributed by atoms with E-state index in [4.69, 9.17) is 0 Å². The first-order chi connectivity index (χ1) is 13.3. The van der Waals surface area contributed by atoms with Crippen molar-refractivity contribution in [3.8, 4) is 0 Å². The monoisotopic (exact) mass is 513 g/mol. The lowest BCUT2D eigenvalue weighted by atomic mass is 10.2. The number of anilines is 2. The molecule has 28 heavy (non-hydrogen) atoms. The van der Waals surface area contributed by atoms with Gasteiger partial charge in [-0.15, -0.1) is 0 Å². The molecule has 2 aromatic rings. The molecule has 1 N–H and O–H groups in total. The number of halogens is 1. The molecular weight excluding hydrogens is 489 g/mol. The van der Waals surface area contributed by atoms with Crippen LogP contribution in [0.25, 0.3) is 0 Å². The van der Waals surface area contributed by atoms with Crippen molar-refractivity contribution in [2.24, 2.45) is 0 Å². The van der Waals surface area contributed by atoms with Gasteiger partial charge in [0.2, 0.25) is 15.9 Å². The third kappa shape index (κ3) is 5.38. The molecule has 0 aromatic heterocycles. The van der Waals surface area contributed by atoms with Crippen molar-refractivity contribution in [1.82, 2.24) is 5.32 Å². The summed E-state index contributed by atoms with van der Waals surface area (Å²) in [6.45, 7) is 2.17. The Hall–Kier alpha value is -1.81. The molecule has 0 saturated heterocycles. The van der Waals surface area contributed by atoms with Crippen LogP contribution in [-0.4, -0.2) is 46.8 Å². The Bertz CT molecular complexity index is 932. The first-order valence-electron chi connectivity index (χ1n) is 9.17. The van der Waals surface area contributed by atoms with Crippen molar-refractivity contribution in [2.75, 3.05) is 41.6 Å². The number of nitrogens with one attached hydrogen (secondary N) is 1. The highest BCUT2D eigenvalue weighted by atomic mass is 127. The fourth-order valence-corrected chi connectivity index (χ4v) is 4.55. The standard InChI is InChI=1S/C20H24IN3O3S/c1-28(26,27)24(18-9-7-17(21)8-10-18)15-20(25)22-12-4-13-23-14-11-16-5-2-3-6-19(16)23/h2-3,5-10H,4,11-15H2,1H3,(H,22,25). The van der Waals surface area contributed by atoms with Gasteiger partial charge in [-0.3, -0.25) is 9.10 Å². The average Bonchev–Trinajstić information content (AvgIpc) is 3.06. The van der Waals surface area contributed by atoms with E-state index < -0.39 is 10.0 Å². The highest BCUT2D eigenvalue weighted by Gasteiger charge is 2.21. The largest absolute Gasteiger partial charge is 0.371 e. The van der Waals surface area contributed by atoms with Gasteiger partial charge < -0.3 is 10.2 Å². The minimum atomic E-state index is -3.54. The van der Waals surface area contributed by atoms with Crippen LogP contribution < -0.4 is 14.5 Å². The Kier molecular flexibility index (Phi) is 6.82. The van der Waals surface area contributed by atoms with Gasteiger partial charge in [-0.2, -0.15) is 0 Å². The van der Waals surface area contributed by atoms with Gasteiger partial charge in [-0.25, -0.2) is 8.42 Å². The van der Waals surface area contributed by atoms with Crippen LogP contribution in [0.2, 0.25) is 0 Å². The predicted molar refractivity (Wildman–Crippen MR) is 121 cm³/mol. The summed E-state index contributed by atoms with van der Waals surface area (Å²) in [5.74, 6) is -0.300. The smallest absolute Gasteiger partial charge is 0.240 e. The summed E-state index contributed by atoms with van der Waals surface area (Å²) in [6, 6.07) is 15.4. The molecule has 1 aliphatic heterocycles. The number of hydrogen-bond donors (Lipinski definition) is 1. The fourth-order valence-electron chi connectivity index (χ4n) is 3.33. The maximum atomic E-state index is 12.3. The zero-order chi connectivity index (χ0) is 20.1. The number of para-hydroxylation sites is 1. The van der Waals surface area contributed by atoms with E-state index in [1.54, 1.807) is 12.1 Å². The summed E-state index contributed by atoms with van der Waals surface area (Å²) in [4.78, 5) is 14.6. The lowest BCUT2D eigenvalue weighted by molar-refractivity contribution is -0.119. The molecule has 0 bridgehead atoms. The summed E-state index contributed by atoms with van der Waals surface area (Å²) >= 11 is 2.15. The van der Waals surface area contributed by atoms with Crippen LogP contribution >= 0.6 is 22.6 Å². The van der Waals surface area contributed by atoms with Gasteiger partial charge in [0.05, 0.1) is 11.9 Å². The van der Waals surface area contributed by atoms with Crippen LogP contribution in [0.4, 0.5) is 11.4 Å². The molecule has 0 atom stereocenters. The Balaban J connectivity index is 1.49. The topological polar surface area (TPSA) is 69.7 Å². The molecule has 1 heterocycles. The molecule has 8 heteroatoms. The molecule has 6 nitrogen and oxygen atoms in total. The number of benzene rings is 2. The summed E-state index contributed by atoms with van der Waals surface area (Å²) in [5.41, 5.74) is 3.13.